The third-order valence-corrected chi connectivity index (χ3v) is 4.44. The number of hydrazone groups is 1. The predicted octanol–water partition coefficient (Wildman–Crippen LogP) is 4.36. The van der Waals surface area contributed by atoms with Crippen LogP contribution >= 0.6 is 0 Å². The molecule has 0 saturated heterocycles. The molecule has 1 amide bonds. The summed E-state index contributed by atoms with van der Waals surface area (Å²) in [6.45, 7) is 5.28. The molecule has 2 heterocycles. The third kappa shape index (κ3) is 3.16. The van der Waals surface area contributed by atoms with Crippen LogP contribution in [0.3, 0.4) is 0 Å². The second kappa shape index (κ2) is 6.19. The lowest BCUT2D eigenvalue weighted by Crippen LogP contribution is -2.58. The number of amides is 1. The lowest BCUT2D eigenvalue weighted by molar-refractivity contribution is -0.336. The summed E-state index contributed by atoms with van der Waals surface area (Å²) in [6, 6.07) is 2.45. The molecule has 1 aliphatic heterocycles. The van der Waals surface area contributed by atoms with E-state index in [9.17, 15) is 40.6 Å². The van der Waals surface area contributed by atoms with Crippen LogP contribution in [0.1, 0.15) is 43.5 Å². The molecule has 0 radical (unpaired) electrons. The van der Waals surface area contributed by atoms with Gasteiger partial charge in [-0.05, 0) is 19.1 Å². The number of aryl methyl sites for hydroxylation is 1. The molecule has 0 unspecified atom stereocenters. The van der Waals surface area contributed by atoms with Crippen molar-refractivity contribution in [1.29, 1.82) is 0 Å². The monoisotopic (exact) mass is 418 g/mol. The first-order valence-corrected chi connectivity index (χ1v) is 7.90. The van der Waals surface area contributed by atoms with Crippen molar-refractivity contribution in [3.05, 3.63) is 23.7 Å². The van der Waals surface area contributed by atoms with Gasteiger partial charge < -0.3 is 9.52 Å². The molecule has 1 atom stereocenters. The Kier molecular flexibility index (Phi) is 4.91. The molecule has 1 aromatic rings. The number of aliphatic hydroxyl groups is 1. The van der Waals surface area contributed by atoms with Crippen molar-refractivity contribution in [2.75, 3.05) is 0 Å². The van der Waals surface area contributed by atoms with Crippen LogP contribution in [0.2, 0.25) is 0 Å². The Labute approximate surface area is 154 Å². The molecule has 0 aliphatic carbocycles. The van der Waals surface area contributed by atoms with E-state index < -0.39 is 53.0 Å². The molecule has 0 spiro atoms. The number of hydrogen-bond acceptors (Lipinski definition) is 4. The molecule has 0 saturated carbocycles. The Balaban J connectivity index is 2.58. The summed E-state index contributed by atoms with van der Waals surface area (Å²) in [7, 11) is 0. The highest BCUT2D eigenvalue weighted by atomic mass is 19.4. The fourth-order valence-corrected chi connectivity index (χ4v) is 2.53. The zero-order valence-electron chi connectivity index (χ0n) is 15.2. The van der Waals surface area contributed by atoms with Crippen LogP contribution < -0.4 is 0 Å². The van der Waals surface area contributed by atoms with E-state index in [-0.39, 0.29) is 10.8 Å². The quantitative estimate of drug-likeness (QED) is 0.742. The van der Waals surface area contributed by atoms with Crippen molar-refractivity contribution in [3.63, 3.8) is 0 Å². The largest absolute Gasteiger partial charge is 0.460 e. The van der Waals surface area contributed by atoms with Gasteiger partial charge in [0.05, 0.1) is 0 Å². The van der Waals surface area contributed by atoms with Gasteiger partial charge in [0, 0.05) is 11.8 Å². The maximum atomic E-state index is 14.1. The number of hydrogen-bond donors (Lipinski definition) is 1. The topological polar surface area (TPSA) is 66.0 Å². The molecule has 158 valence electrons. The number of halogens is 7. The summed E-state index contributed by atoms with van der Waals surface area (Å²) in [5.74, 6) is -13.8. The average Bonchev–Trinajstić information content (AvgIpc) is 3.09. The molecule has 0 aromatic carbocycles. The van der Waals surface area contributed by atoms with Gasteiger partial charge in [-0.2, -0.15) is 40.8 Å². The van der Waals surface area contributed by atoms with Crippen molar-refractivity contribution in [1.82, 2.24) is 5.01 Å². The summed E-state index contributed by atoms with van der Waals surface area (Å²) in [6.07, 6.45) is -7.99. The lowest BCUT2D eigenvalue weighted by Gasteiger charge is -2.41. The van der Waals surface area contributed by atoms with E-state index in [1.54, 1.807) is 0 Å². The van der Waals surface area contributed by atoms with Crippen molar-refractivity contribution < 1.29 is 45.1 Å². The lowest BCUT2D eigenvalue weighted by atomic mass is 9.79. The number of rotatable bonds is 3. The molecule has 1 aliphatic rings. The molecule has 2 rings (SSSR count). The molecule has 12 heteroatoms. The number of furan rings is 1. The van der Waals surface area contributed by atoms with Gasteiger partial charge in [0.2, 0.25) is 0 Å². The Morgan fingerprint density at radius 3 is 2.07 bits per heavy atom. The summed E-state index contributed by atoms with van der Waals surface area (Å²) < 4.78 is 97.5. The van der Waals surface area contributed by atoms with Crippen LogP contribution in [-0.4, -0.2) is 45.5 Å². The minimum absolute atomic E-state index is 0.0704. The molecule has 0 fully saturated rings. The van der Waals surface area contributed by atoms with Gasteiger partial charge >= 0.3 is 23.9 Å². The standard InChI is InChI=1S/C16H17F7N2O3/c1-8-5-6-9(28-8)11(26)25-13(27,12(2,3)4)7-10(24-25)14(17,18)15(19,20)16(21,22)23/h5-6,27H,7H2,1-4H3/t13-/m1/s1. The second-order valence-electron chi connectivity index (χ2n) is 7.46. The second-order valence-corrected chi connectivity index (χ2v) is 7.46. The van der Waals surface area contributed by atoms with Crippen LogP contribution in [0.5, 0.6) is 0 Å². The van der Waals surface area contributed by atoms with Crippen LogP contribution in [0.15, 0.2) is 21.7 Å². The number of nitrogens with zero attached hydrogens (tertiary/aromatic N) is 2. The smallest absolute Gasteiger partial charge is 0.456 e. The van der Waals surface area contributed by atoms with Crippen LogP contribution in [0.4, 0.5) is 30.7 Å². The zero-order valence-corrected chi connectivity index (χ0v) is 15.2. The Bertz CT molecular complexity index is 808. The highest BCUT2D eigenvalue weighted by Crippen LogP contribution is 2.51. The molecule has 28 heavy (non-hydrogen) atoms. The predicted molar refractivity (Wildman–Crippen MR) is 82.0 cm³/mol. The average molecular weight is 418 g/mol. The van der Waals surface area contributed by atoms with Crippen molar-refractivity contribution >= 4 is 11.6 Å². The minimum Gasteiger partial charge on any atom is -0.456 e. The van der Waals surface area contributed by atoms with Gasteiger partial charge in [0.25, 0.3) is 0 Å². The minimum atomic E-state index is -6.57. The summed E-state index contributed by atoms with van der Waals surface area (Å²) in [5, 5.41) is 13.9. The molecule has 5 nitrogen and oxygen atoms in total. The molecule has 1 N–H and O–H groups in total. The number of alkyl halides is 7. The first-order chi connectivity index (χ1) is 12.4. The Hall–Kier alpha value is -2.11. The number of carbonyl (C=O) groups excluding carboxylic acids is 1. The zero-order chi connectivity index (χ0) is 21.9. The maximum absolute atomic E-state index is 14.1. The first-order valence-electron chi connectivity index (χ1n) is 7.90. The Morgan fingerprint density at radius 1 is 1.14 bits per heavy atom. The highest BCUT2D eigenvalue weighted by Gasteiger charge is 2.76. The van der Waals surface area contributed by atoms with Gasteiger partial charge in [-0.25, -0.2) is 0 Å². The van der Waals surface area contributed by atoms with Gasteiger partial charge in [0.15, 0.2) is 11.5 Å². The van der Waals surface area contributed by atoms with E-state index in [0.717, 1.165) is 6.07 Å². The van der Waals surface area contributed by atoms with Crippen LogP contribution in [0, 0.1) is 12.3 Å². The van der Waals surface area contributed by atoms with Crippen molar-refractivity contribution in [2.45, 2.75) is 57.9 Å². The third-order valence-electron chi connectivity index (χ3n) is 4.44. The van der Waals surface area contributed by atoms with Gasteiger partial charge in [-0.3, -0.25) is 4.79 Å². The normalized spacial score (nSPS) is 21.9. The van der Waals surface area contributed by atoms with Crippen LogP contribution in [-0.2, 0) is 0 Å². The molecular formula is C16H17F7N2O3. The van der Waals surface area contributed by atoms with Crippen molar-refractivity contribution in [3.8, 4) is 0 Å². The molecule has 1 aromatic heterocycles. The van der Waals surface area contributed by atoms with E-state index in [2.05, 4.69) is 5.10 Å². The van der Waals surface area contributed by atoms with Crippen molar-refractivity contribution in [2.24, 2.45) is 10.5 Å². The van der Waals surface area contributed by atoms with Gasteiger partial charge in [0.1, 0.15) is 11.5 Å². The van der Waals surface area contributed by atoms with E-state index in [1.807, 2.05) is 0 Å². The number of carbonyl (C=O) groups is 1. The Morgan fingerprint density at radius 2 is 1.68 bits per heavy atom. The highest BCUT2D eigenvalue weighted by molar-refractivity contribution is 5.99. The fraction of sp³-hybridized carbons (Fsp3) is 0.625. The molecular weight excluding hydrogens is 401 g/mol. The van der Waals surface area contributed by atoms with E-state index in [4.69, 9.17) is 4.42 Å². The van der Waals surface area contributed by atoms with E-state index >= 15 is 0 Å². The van der Waals surface area contributed by atoms with E-state index in [1.165, 1.54) is 33.8 Å². The van der Waals surface area contributed by atoms with Gasteiger partial charge in [-0.1, -0.05) is 20.8 Å². The molecule has 0 bridgehead atoms. The SMILES string of the molecule is Cc1ccc(C(=O)N2N=C(C(F)(F)C(F)(F)C(F)(F)F)C[C@@]2(O)C(C)(C)C)o1. The summed E-state index contributed by atoms with van der Waals surface area (Å²) in [4.78, 5) is 12.6. The fourth-order valence-electron chi connectivity index (χ4n) is 2.53. The summed E-state index contributed by atoms with van der Waals surface area (Å²) >= 11 is 0. The maximum Gasteiger partial charge on any atom is 0.460 e. The summed E-state index contributed by atoms with van der Waals surface area (Å²) in [5.41, 5.74) is -6.02. The van der Waals surface area contributed by atoms with E-state index in [0.29, 0.717) is 0 Å². The van der Waals surface area contributed by atoms with Crippen LogP contribution in [0.25, 0.3) is 0 Å². The van der Waals surface area contributed by atoms with Gasteiger partial charge in [-0.15, -0.1) is 0 Å². The first kappa shape index (κ1) is 22.2.